The average molecular weight is 495 g/mol. The quantitative estimate of drug-likeness (QED) is 0.303. The molecule has 1 amide bonds. The van der Waals surface area contributed by atoms with Gasteiger partial charge in [0.1, 0.15) is 30.9 Å². The van der Waals surface area contributed by atoms with Gasteiger partial charge in [0.15, 0.2) is 0 Å². The molecule has 6 heteroatoms. The highest BCUT2D eigenvalue weighted by Crippen LogP contribution is 2.41. The third-order valence-corrected chi connectivity index (χ3v) is 7.00. The summed E-state index contributed by atoms with van der Waals surface area (Å²) in [5.41, 5.74) is 2.45. The number of benzene rings is 4. The lowest BCUT2D eigenvalue weighted by Gasteiger charge is -2.40. The van der Waals surface area contributed by atoms with Crippen LogP contribution in [0.1, 0.15) is 34.9 Å². The molecule has 2 aliphatic heterocycles. The van der Waals surface area contributed by atoms with E-state index in [4.69, 9.17) is 14.2 Å². The number of hydrogen-bond acceptors (Lipinski definition) is 5. The number of anilines is 1. The smallest absolute Gasteiger partial charge is 0.257 e. The van der Waals surface area contributed by atoms with E-state index in [2.05, 4.69) is 23.5 Å². The van der Waals surface area contributed by atoms with Crippen molar-refractivity contribution >= 4 is 22.4 Å². The number of amides is 1. The summed E-state index contributed by atoms with van der Waals surface area (Å²) in [5, 5.41) is 5.80. The minimum Gasteiger partial charge on any atom is -0.490 e. The molecule has 0 saturated carbocycles. The van der Waals surface area contributed by atoms with E-state index >= 15 is 0 Å². The van der Waals surface area contributed by atoms with Gasteiger partial charge in [0, 0.05) is 24.4 Å². The molecule has 188 valence electrons. The molecule has 4 aromatic carbocycles. The lowest BCUT2D eigenvalue weighted by Crippen LogP contribution is -2.46. The fourth-order valence-corrected chi connectivity index (χ4v) is 5.23. The Labute approximate surface area is 216 Å². The maximum atomic E-state index is 13.8. The second kappa shape index (κ2) is 10.5. The largest absolute Gasteiger partial charge is 0.490 e. The number of ether oxygens (including phenoxy) is 3. The Morgan fingerprint density at radius 3 is 2.51 bits per heavy atom. The van der Waals surface area contributed by atoms with Gasteiger partial charge in [-0.2, -0.15) is 0 Å². The summed E-state index contributed by atoms with van der Waals surface area (Å²) in [5.74, 6) is 1.54. The second-order valence-electron chi connectivity index (χ2n) is 9.39. The van der Waals surface area contributed by atoms with Crippen LogP contribution in [0.5, 0.6) is 11.5 Å². The van der Waals surface area contributed by atoms with Crippen LogP contribution in [0.15, 0.2) is 91.0 Å². The minimum atomic E-state index is -0.400. The Kier molecular flexibility index (Phi) is 6.65. The van der Waals surface area contributed by atoms with Gasteiger partial charge >= 0.3 is 0 Å². The topological polar surface area (TPSA) is 60.0 Å². The molecule has 0 radical (unpaired) electrons. The van der Waals surface area contributed by atoms with Crippen LogP contribution in [-0.2, 0) is 4.74 Å². The highest BCUT2D eigenvalue weighted by molar-refractivity contribution is 6.02. The number of rotatable bonds is 8. The summed E-state index contributed by atoms with van der Waals surface area (Å²) in [7, 11) is 0. The SMILES string of the molecule is O=C1c2ccccc2NC(c2c(OCCOc3ccccc3)ccc3ccccc23)N1CC1CCCO1. The zero-order valence-corrected chi connectivity index (χ0v) is 20.6. The maximum Gasteiger partial charge on any atom is 0.257 e. The number of para-hydroxylation sites is 2. The van der Waals surface area contributed by atoms with Gasteiger partial charge in [-0.3, -0.25) is 4.79 Å². The first-order valence-electron chi connectivity index (χ1n) is 12.9. The van der Waals surface area contributed by atoms with Crippen LogP contribution < -0.4 is 14.8 Å². The first-order chi connectivity index (χ1) is 18.3. The van der Waals surface area contributed by atoms with Crippen LogP contribution in [0.4, 0.5) is 5.69 Å². The molecular weight excluding hydrogens is 464 g/mol. The van der Waals surface area contributed by atoms with Gasteiger partial charge in [-0.15, -0.1) is 0 Å². The standard InChI is InChI=1S/C31H30N2O4/c34-31-26-14-6-7-15-27(26)32-30(33(31)21-24-12-8-18-35-24)29-25-13-5-4-9-22(25)16-17-28(29)37-20-19-36-23-10-2-1-3-11-23/h1-7,9-11,13-17,24,30,32H,8,12,18-21H2. The van der Waals surface area contributed by atoms with Gasteiger partial charge in [-0.25, -0.2) is 0 Å². The van der Waals surface area contributed by atoms with E-state index in [1.807, 2.05) is 77.7 Å². The van der Waals surface area contributed by atoms with Crippen molar-refractivity contribution in [1.82, 2.24) is 4.90 Å². The molecule has 0 aromatic heterocycles. The predicted molar refractivity (Wildman–Crippen MR) is 144 cm³/mol. The van der Waals surface area contributed by atoms with E-state index in [0.29, 0.717) is 25.3 Å². The van der Waals surface area contributed by atoms with Crippen LogP contribution in [0.25, 0.3) is 10.8 Å². The van der Waals surface area contributed by atoms with E-state index in [9.17, 15) is 4.79 Å². The number of hydrogen-bond donors (Lipinski definition) is 1. The van der Waals surface area contributed by atoms with Gasteiger partial charge in [-0.1, -0.05) is 60.7 Å². The normalized spacial score (nSPS) is 18.9. The van der Waals surface area contributed by atoms with Gasteiger partial charge < -0.3 is 24.4 Å². The van der Waals surface area contributed by atoms with Crippen LogP contribution >= 0.6 is 0 Å². The summed E-state index contributed by atoms with van der Waals surface area (Å²) < 4.78 is 18.1. The zero-order chi connectivity index (χ0) is 25.0. The van der Waals surface area contributed by atoms with Crippen molar-refractivity contribution in [1.29, 1.82) is 0 Å². The summed E-state index contributed by atoms with van der Waals surface area (Å²) in [4.78, 5) is 15.7. The number of carbonyl (C=O) groups excluding carboxylic acids is 1. The highest BCUT2D eigenvalue weighted by atomic mass is 16.5. The molecule has 2 aliphatic rings. The second-order valence-corrected chi connectivity index (χ2v) is 9.39. The molecule has 37 heavy (non-hydrogen) atoms. The van der Waals surface area contributed by atoms with Crippen molar-refractivity contribution < 1.29 is 19.0 Å². The molecule has 0 spiro atoms. The third-order valence-electron chi connectivity index (χ3n) is 7.00. The van der Waals surface area contributed by atoms with E-state index in [0.717, 1.165) is 53.0 Å². The molecule has 6 nitrogen and oxygen atoms in total. The zero-order valence-electron chi connectivity index (χ0n) is 20.6. The monoisotopic (exact) mass is 494 g/mol. The molecule has 0 bridgehead atoms. The Hall–Kier alpha value is -4.03. The summed E-state index contributed by atoms with van der Waals surface area (Å²) >= 11 is 0. The van der Waals surface area contributed by atoms with Crippen LogP contribution in [0, 0.1) is 0 Å². The third kappa shape index (κ3) is 4.85. The van der Waals surface area contributed by atoms with E-state index in [-0.39, 0.29) is 12.0 Å². The van der Waals surface area contributed by atoms with Crippen molar-refractivity contribution in [2.24, 2.45) is 0 Å². The molecule has 1 saturated heterocycles. The molecule has 2 heterocycles. The summed E-state index contributed by atoms with van der Waals surface area (Å²) in [6, 6.07) is 29.7. The number of fused-ring (bicyclic) bond motifs is 2. The molecule has 2 atom stereocenters. The summed E-state index contributed by atoms with van der Waals surface area (Å²) in [6.07, 6.45) is 1.60. The lowest BCUT2D eigenvalue weighted by atomic mass is 9.97. The van der Waals surface area contributed by atoms with Gasteiger partial charge in [0.2, 0.25) is 0 Å². The van der Waals surface area contributed by atoms with Crippen LogP contribution in [0.2, 0.25) is 0 Å². The molecule has 4 aromatic rings. The molecule has 2 unspecified atom stereocenters. The van der Waals surface area contributed by atoms with Crippen LogP contribution in [0.3, 0.4) is 0 Å². The number of nitrogens with one attached hydrogen (secondary N) is 1. The predicted octanol–water partition coefficient (Wildman–Crippen LogP) is 6.04. The average Bonchev–Trinajstić information content (AvgIpc) is 3.46. The Morgan fingerprint density at radius 2 is 1.65 bits per heavy atom. The van der Waals surface area contributed by atoms with Crippen molar-refractivity contribution in [3.8, 4) is 11.5 Å². The van der Waals surface area contributed by atoms with E-state index in [1.165, 1.54) is 0 Å². The molecule has 6 rings (SSSR count). The maximum absolute atomic E-state index is 13.8. The van der Waals surface area contributed by atoms with Crippen LogP contribution in [-0.4, -0.2) is 43.3 Å². The van der Waals surface area contributed by atoms with Crippen molar-refractivity contribution in [2.75, 3.05) is 31.7 Å². The van der Waals surface area contributed by atoms with Gasteiger partial charge in [0.05, 0.1) is 11.7 Å². The number of carbonyl (C=O) groups is 1. The van der Waals surface area contributed by atoms with Crippen molar-refractivity contribution in [3.05, 3.63) is 102 Å². The number of nitrogens with zero attached hydrogens (tertiary/aromatic N) is 1. The molecule has 0 aliphatic carbocycles. The fraction of sp³-hybridized carbons (Fsp3) is 0.258. The van der Waals surface area contributed by atoms with Crippen molar-refractivity contribution in [2.45, 2.75) is 25.1 Å². The van der Waals surface area contributed by atoms with E-state index < -0.39 is 6.17 Å². The first kappa shape index (κ1) is 23.4. The Morgan fingerprint density at radius 1 is 0.865 bits per heavy atom. The first-order valence-corrected chi connectivity index (χ1v) is 12.9. The lowest BCUT2D eigenvalue weighted by molar-refractivity contribution is 0.0425. The Bertz CT molecular complexity index is 1380. The highest BCUT2D eigenvalue weighted by Gasteiger charge is 2.37. The van der Waals surface area contributed by atoms with Crippen molar-refractivity contribution in [3.63, 3.8) is 0 Å². The Balaban J connectivity index is 1.35. The molecular formula is C31H30N2O4. The molecule has 1 fully saturated rings. The van der Waals surface area contributed by atoms with Gasteiger partial charge in [0.25, 0.3) is 5.91 Å². The fourth-order valence-electron chi connectivity index (χ4n) is 5.23. The van der Waals surface area contributed by atoms with Gasteiger partial charge in [-0.05, 0) is 53.9 Å². The molecule has 1 N–H and O–H groups in total. The summed E-state index contributed by atoms with van der Waals surface area (Å²) in [6.45, 7) is 2.05. The minimum absolute atomic E-state index is 0.00106. The van der Waals surface area contributed by atoms with E-state index in [1.54, 1.807) is 0 Å².